The van der Waals surface area contributed by atoms with E-state index in [1.165, 1.54) is 32.1 Å². The maximum absolute atomic E-state index is 12.6. The molecule has 0 aliphatic carbocycles. The first kappa shape index (κ1) is 42.8. The van der Waals surface area contributed by atoms with E-state index >= 15 is 0 Å². The summed E-state index contributed by atoms with van der Waals surface area (Å²) >= 11 is 0. The van der Waals surface area contributed by atoms with E-state index in [0.717, 1.165) is 64.2 Å². The summed E-state index contributed by atoms with van der Waals surface area (Å²) in [5.74, 6) is -2.04. The Labute approximate surface area is 274 Å². The highest BCUT2D eigenvalue weighted by Gasteiger charge is 2.25. The van der Waals surface area contributed by atoms with Crippen LogP contribution in [0.25, 0.3) is 0 Å². The van der Waals surface area contributed by atoms with Crippen molar-refractivity contribution >= 4 is 17.9 Å². The number of aliphatic carboxylic acids is 1. The Morgan fingerprint density at radius 3 is 1.84 bits per heavy atom. The molecule has 0 rings (SSSR count). The zero-order valence-corrected chi connectivity index (χ0v) is 29.3. The van der Waals surface area contributed by atoms with Crippen molar-refractivity contribution in [2.75, 3.05) is 47.5 Å². The SMILES string of the molecule is CCC/C=C\C/C=C\CCCCCCCC(=O)OC(COC(=O)CCCCCCCCC)COC(OCC[N+](C)(C)C)C(=O)O. The molecule has 0 spiro atoms. The first-order valence-electron chi connectivity index (χ1n) is 17.5. The average molecular weight is 641 g/mol. The lowest BCUT2D eigenvalue weighted by molar-refractivity contribution is -0.870. The Hall–Kier alpha value is -2.23. The molecular formula is C36H66NO8+. The molecule has 0 amide bonds. The Balaban J connectivity index is 4.60. The van der Waals surface area contributed by atoms with E-state index in [9.17, 15) is 19.5 Å². The van der Waals surface area contributed by atoms with E-state index < -0.39 is 24.3 Å². The van der Waals surface area contributed by atoms with Gasteiger partial charge in [-0.1, -0.05) is 102 Å². The molecule has 2 unspecified atom stereocenters. The van der Waals surface area contributed by atoms with Crippen molar-refractivity contribution in [1.82, 2.24) is 0 Å². The average Bonchev–Trinajstić information content (AvgIpc) is 2.98. The third kappa shape index (κ3) is 30.2. The number of carbonyl (C=O) groups is 3. The minimum absolute atomic E-state index is 0.186. The van der Waals surface area contributed by atoms with Gasteiger partial charge in [0.15, 0.2) is 6.10 Å². The Morgan fingerprint density at radius 2 is 1.24 bits per heavy atom. The maximum Gasteiger partial charge on any atom is 0.361 e. The molecule has 0 bridgehead atoms. The molecule has 9 heteroatoms. The second-order valence-corrected chi connectivity index (χ2v) is 12.8. The highest BCUT2D eigenvalue weighted by atomic mass is 16.7. The largest absolute Gasteiger partial charge is 0.477 e. The van der Waals surface area contributed by atoms with Gasteiger partial charge in [0.05, 0.1) is 34.4 Å². The number of nitrogens with zero attached hydrogens (tertiary/aromatic N) is 1. The quantitative estimate of drug-likeness (QED) is 0.0269. The number of rotatable bonds is 31. The fourth-order valence-corrected chi connectivity index (χ4v) is 4.40. The highest BCUT2D eigenvalue weighted by Crippen LogP contribution is 2.12. The summed E-state index contributed by atoms with van der Waals surface area (Å²) in [6.07, 6.45) is 24.0. The van der Waals surface area contributed by atoms with Crippen molar-refractivity contribution in [3.8, 4) is 0 Å². The summed E-state index contributed by atoms with van der Waals surface area (Å²) in [6, 6.07) is 0. The zero-order chi connectivity index (χ0) is 33.6. The number of carboxylic acids is 1. The van der Waals surface area contributed by atoms with E-state index in [2.05, 4.69) is 38.2 Å². The van der Waals surface area contributed by atoms with Crippen LogP contribution in [0.2, 0.25) is 0 Å². The second kappa shape index (κ2) is 29.2. The van der Waals surface area contributed by atoms with Crippen LogP contribution in [0.15, 0.2) is 24.3 Å². The molecule has 0 heterocycles. The van der Waals surface area contributed by atoms with Gasteiger partial charge in [0.1, 0.15) is 13.2 Å². The van der Waals surface area contributed by atoms with Crippen LogP contribution in [-0.4, -0.2) is 87.4 Å². The van der Waals surface area contributed by atoms with Crippen molar-refractivity contribution in [1.29, 1.82) is 0 Å². The molecule has 1 N–H and O–H groups in total. The van der Waals surface area contributed by atoms with Crippen molar-refractivity contribution in [3.05, 3.63) is 24.3 Å². The van der Waals surface area contributed by atoms with Crippen LogP contribution in [-0.2, 0) is 33.3 Å². The monoisotopic (exact) mass is 640 g/mol. The first-order valence-corrected chi connectivity index (χ1v) is 17.5. The van der Waals surface area contributed by atoms with E-state index in [-0.39, 0.29) is 32.2 Å². The smallest absolute Gasteiger partial charge is 0.361 e. The number of quaternary nitrogens is 1. The molecule has 0 saturated heterocycles. The molecule has 0 aromatic heterocycles. The van der Waals surface area contributed by atoms with E-state index in [1.54, 1.807) is 0 Å². The third-order valence-electron chi connectivity index (χ3n) is 7.19. The van der Waals surface area contributed by atoms with Gasteiger partial charge in [-0.25, -0.2) is 4.79 Å². The molecule has 0 fully saturated rings. The molecule has 45 heavy (non-hydrogen) atoms. The zero-order valence-electron chi connectivity index (χ0n) is 29.3. The van der Waals surface area contributed by atoms with Crippen LogP contribution in [0.5, 0.6) is 0 Å². The molecular weight excluding hydrogens is 574 g/mol. The minimum Gasteiger partial charge on any atom is -0.477 e. The molecule has 0 aromatic carbocycles. The number of ether oxygens (including phenoxy) is 4. The predicted molar refractivity (Wildman–Crippen MR) is 180 cm³/mol. The summed E-state index contributed by atoms with van der Waals surface area (Å²) in [7, 11) is 5.93. The number of allylic oxidation sites excluding steroid dienone is 4. The molecule has 0 saturated carbocycles. The lowest BCUT2D eigenvalue weighted by Gasteiger charge is -2.25. The lowest BCUT2D eigenvalue weighted by atomic mass is 10.1. The van der Waals surface area contributed by atoms with E-state index in [1.807, 2.05) is 21.1 Å². The fraction of sp³-hybridized carbons (Fsp3) is 0.806. The molecule has 0 aliphatic rings. The molecule has 0 radical (unpaired) electrons. The molecule has 262 valence electrons. The highest BCUT2D eigenvalue weighted by molar-refractivity contribution is 5.71. The summed E-state index contributed by atoms with van der Waals surface area (Å²) in [5.41, 5.74) is 0. The van der Waals surface area contributed by atoms with E-state index in [0.29, 0.717) is 23.9 Å². The standard InChI is InChI=1S/C36H65NO8/c1-6-8-10-12-14-15-16-17-18-19-21-23-25-27-34(39)45-32(30-43-33(38)26-24-22-20-13-11-9-7-2)31-44-36(35(40)41)42-29-28-37(3,4)5/h10,12,15-16,32,36H,6-9,11,13-14,17-31H2,1-5H3/p+1/b12-10-,16-15-. The molecule has 2 atom stereocenters. The van der Waals surface area contributed by atoms with Crippen molar-refractivity contribution in [2.24, 2.45) is 0 Å². The van der Waals surface area contributed by atoms with Crippen molar-refractivity contribution in [3.63, 3.8) is 0 Å². The topological polar surface area (TPSA) is 108 Å². The summed E-state index contributed by atoms with van der Waals surface area (Å²) < 4.78 is 22.5. The van der Waals surface area contributed by atoms with Gasteiger partial charge in [-0.3, -0.25) is 9.59 Å². The Bertz CT molecular complexity index is 805. The van der Waals surface area contributed by atoms with Crippen molar-refractivity contribution in [2.45, 2.75) is 142 Å². The van der Waals surface area contributed by atoms with Gasteiger partial charge in [0.25, 0.3) is 6.29 Å². The minimum atomic E-state index is -1.51. The Kier molecular flexibility index (Phi) is 27.7. The van der Waals surface area contributed by atoms with Gasteiger partial charge in [0, 0.05) is 12.8 Å². The third-order valence-corrected chi connectivity index (χ3v) is 7.19. The molecule has 9 nitrogen and oxygen atoms in total. The van der Waals surface area contributed by atoms with Gasteiger partial charge in [-0.05, 0) is 38.5 Å². The lowest BCUT2D eigenvalue weighted by Crippen LogP contribution is -2.40. The fourth-order valence-electron chi connectivity index (χ4n) is 4.40. The van der Waals surface area contributed by atoms with Crippen LogP contribution in [0.3, 0.4) is 0 Å². The van der Waals surface area contributed by atoms with Crippen LogP contribution in [0.1, 0.15) is 129 Å². The number of esters is 2. The number of hydrogen-bond acceptors (Lipinski definition) is 7. The van der Waals surface area contributed by atoms with Crippen LogP contribution >= 0.6 is 0 Å². The summed E-state index contributed by atoms with van der Waals surface area (Å²) in [5, 5.41) is 9.54. The van der Waals surface area contributed by atoms with Gasteiger partial charge in [0.2, 0.25) is 0 Å². The number of carboxylic acid groups (broad SMARTS) is 1. The normalized spacial score (nSPS) is 13.4. The number of carbonyl (C=O) groups excluding carboxylic acids is 2. The van der Waals surface area contributed by atoms with E-state index in [4.69, 9.17) is 18.9 Å². The van der Waals surface area contributed by atoms with Crippen molar-refractivity contribution < 1.29 is 42.9 Å². The number of unbranched alkanes of at least 4 members (excludes halogenated alkanes) is 12. The predicted octanol–water partition coefficient (Wildman–Crippen LogP) is 7.77. The van der Waals surface area contributed by atoms with Gasteiger partial charge in [-0.15, -0.1) is 0 Å². The summed E-state index contributed by atoms with van der Waals surface area (Å²) in [4.78, 5) is 36.6. The second-order valence-electron chi connectivity index (χ2n) is 12.8. The van der Waals surface area contributed by atoms with Gasteiger partial charge < -0.3 is 28.5 Å². The first-order chi connectivity index (χ1) is 21.6. The Morgan fingerprint density at radius 1 is 0.667 bits per heavy atom. The maximum atomic E-state index is 12.6. The van der Waals surface area contributed by atoms with Crippen LogP contribution in [0, 0.1) is 0 Å². The number of hydrogen-bond donors (Lipinski definition) is 1. The number of likely N-dealkylation sites (N-methyl/N-ethyl adjacent to an activating group) is 1. The molecule has 0 aliphatic heterocycles. The van der Waals surface area contributed by atoms with Crippen LogP contribution in [0.4, 0.5) is 0 Å². The van der Waals surface area contributed by atoms with Gasteiger partial charge >= 0.3 is 17.9 Å². The molecule has 0 aromatic rings. The van der Waals surface area contributed by atoms with Crippen LogP contribution < -0.4 is 0 Å². The van der Waals surface area contributed by atoms with Gasteiger partial charge in [-0.2, -0.15) is 0 Å². The summed E-state index contributed by atoms with van der Waals surface area (Å²) in [6.45, 7) is 4.70.